The number of nitrogens with two attached hydrogens (primary N) is 1. The maximum atomic E-state index is 10.8. The third-order valence-corrected chi connectivity index (χ3v) is 6.99. The minimum Gasteiger partial charge on any atom is -0.481 e. The first-order valence-electron chi connectivity index (χ1n) is 16.4. The topological polar surface area (TPSA) is 118 Å². The molecule has 0 aromatic carbocycles. The second kappa shape index (κ2) is 33.1. The lowest BCUT2D eigenvalue weighted by atomic mass is 10.0. The Morgan fingerprint density at radius 3 is 1.32 bits per heavy atom. The number of primary amides is 1. The standard InChI is InChI=1S/C18H35NO.C16H28O4/c1-2-3-4-5-6-7-8-9-10-11-12-13-14-15-16-17-18(19)20;1-2-3-4-5-6-7-8-9-10-11-12-14(16(19)20)13-15(17)18/h9-10H,2-8,11-17H2,1H3,(H2,19,20);11-12,14H,2-10,13H2,1H3,(H,17,18)(H,19,20). The Balaban J connectivity index is 0. The number of allylic oxidation sites excluding steroid dienone is 3. The highest BCUT2D eigenvalue weighted by Gasteiger charge is 2.17. The smallest absolute Gasteiger partial charge is 0.310 e. The second-order valence-electron chi connectivity index (χ2n) is 11.0. The highest BCUT2D eigenvalue weighted by Crippen LogP contribution is 2.12. The molecule has 0 aromatic heterocycles. The molecule has 0 aliphatic rings. The molecule has 0 aliphatic heterocycles. The van der Waals surface area contributed by atoms with E-state index in [4.69, 9.17) is 15.9 Å². The van der Waals surface area contributed by atoms with Crippen molar-refractivity contribution in [3.63, 3.8) is 0 Å². The molecule has 0 aromatic rings. The van der Waals surface area contributed by atoms with Crippen LogP contribution in [-0.4, -0.2) is 28.1 Å². The number of carboxylic acid groups (broad SMARTS) is 2. The monoisotopic (exact) mass is 565 g/mol. The van der Waals surface area contributed by atoms with Gasteiger partial charge in [-0.25, -0.2) is 0 Å². The molecule has 0 radical (unpaired) electrons. The molecule has 40 heavy (non-hydrogen) atoms. The molecular formula is C34H63NO5. The van der Waals surface area contributed by atoms with Gasteiger partial charge in [-0.3, -0.25) is 14.4 Å². The van der Waals surface area contributed by atoms with Crippen molar-refractivity contribution in [2.24, 2.45) is 11.7 Å². The largest absolute Gasteiger partial charge is 0.481 e. The van der Waals surface area contributed by atoms with Crippen LogP contribution in [0.3, 0.4) is 0 Å². The average Bonchev–Trinajstić information content (AvgIpc) is 2.91. The van der Waals surface area contributed by atoms with Gasteiger partial charge in [-0.1, -0.05) is 134 Å². The molecule has 0 spiro atoms. The minimum absolute atomic E-state index is 0.164. The van der Waals surface area contributed by atoms with Crippen molar-refractivity contribution in [2.45, 2.75) is 168 Å². The van der Waals surface area contributed by atoms with Crippen LogP contribution in [0.5, 0.6) is 0 Å². The fourth-order valence-electron chi connectivity index (χ4n) is 4.45. The maximum Gasteiger partial charge on any atom is 0.310 e. The molecule has 0 saturated heterocycles. The molecule has 6 heteroatoms. The van der Waals surface area contributed by atoms with E-state index >= 15 is 0 Å². The number of amides is 1. The predicted molar refractivity (Wildman–Crippen MR) is 168 cm³/mol. The lowest BCUT2D eigenvalue weighted by Gasteiger charge is -2.03. The molecule has 1 atom stereocenters. The van der Waals surface area contributed by atoms with Gasteiger partial charge in [0.1, 0.15) is 0 Å². The molecule has 0 fully saturated rings. The molecule has 0 bridgehead atoms. The van der Waals surface area contributed by atoms with Crippen molar-refractivity contribution in [1.82, 2.24) is 0 Å². The SMILES string of the molecule is CCCCCCCCC=CCCCCCCCC(N)=O.CCCCCCCCCCC=CC(CC(=O)O)C(=O)O. The van der Waals surface area contributed by atoms with E-state index in [1.54, 1.807) is 6.08 Å². The molecule has 4 N–H and O–H groups in total. The van der Waals surface area contributed by atoms with Crippen LogP contribution >= 0.6 is 0 Å². The van der Waals surface area contributed by atoms with Crippen LogP contribution in [0.25, 0.3) is 0 Å². The van der Waals surface area contributed by atoms with Gasteiger partial charge in [0.15, 0.2) is 0 Å². The quantitative estimate of drug-likeness (QED) is 0.0644. The number of unbranched alkanes of at least 4 members (excludes halogenated alkanes) is 19. The number of aliphatic carboxylic acids is 2. The van der Waals surface area contributed by atoms with Crippen molar-refractivity contribution in [1.29, 1.82) is 0 Å². The van der Waals surface area contributed by atoms with Crippen LogP contribution in [0.4, 0.5) is 0 Å². The van der Waals surface area contributed by atoms with Gasteiger partial charge in [-0.2, -0.15) is 0 Å². The van der Waals surface area contributed by atoms with E-state index in [-0.39, 0.29) is 12.3 Å². The van der Waals surface area contributed by atoms with Crippen molar-refractivity contribution in [2.75, 3.05) is 0 Å². The van der Waals surface area contributed by atoms with Crippen molar-refractivity contribution < 1.29 is 24.6 Å². The summed E-state index contributed by atoms with van der Waals surface area (Å²) in [6.45, 7) is 4.47. The predicted octanol–water partition coefficient (Wildman–Crippen LogP) is 9.76. The molecule has 0 heterocycles. The average molecular weight is 566 g/mol. The van der Waals surface area contributed by atoms with E-state index in [2.05, 4.69) is 26.0 Å². The van der Waals surface area contributed by atoms with Gasteiger partial charge in [0, 0.05) is 6.42 Å². The Bertz CT molecular complexity index is 644. The number of carboxylic acids is 2. The molecule has 234 valence electrons. The lowest BCUT2D eigenvalue weighted by Crippen LogP contribution is -2.15. The molecule has 0 saturated carbocycles. The zero-order chi connectivity index (χ0) is 30.1. The van der Waals surface area contributed by atoms with Crippen molar-refractivity contribution in [3.05, 3.63) is 24.3 Å². The summed E-state index contributed by atoms with van der Waals surface area (Å²) >= 11 is 0. The Kier molecular flexibility index (Phi) is 33.1. The summed E-state index contributed by atoms with van der Waals surface area (Å²) in [7, 11) is 0. The first-order chi connectivity index (χ1) is 19.3. The normalized spacial score (nSPS) is 11.9. The summed E-state index contributed by atoms with van der Waals surface area (Å²) < 4.78 is 0. The van der Waals surface area contributed by atoms with Crippen LogP contribution in [-0.2, 0) is 14.4 Å². The van der Waals surface area contributed by atoms with Crippen LogP contribution in [0.2, 0.25) is 0 Å². The number of hydrogen-bond acceptors (Lipinski definition) is 3. The first-order valence-corrected chi connectivity index (χ1v) is 16.4. The zero-order valence-electron chi connectivity index (χ0n) is 26.1. The molecule has 1 unspecified atom stereocenters. The van der Waals surface area contributed by atoms with Crippen LogP contribution in [0.15, 0.2) is 24.3 Å². The van der Waals surface area contributed by atoms with Gasteiger partial charge < -0.3 is 15.9 Å². The first kappa shape index (κ1) is 40.0. The summed E-state index contributed by atoms with van der Waals surface area (Å²) in [6, 6.07) is 0. The van der Waals surface area contributed by atoms with Crippen molar-refractivity contribution in [3.8, 4) is 0 Å². The molecule has 0 rings (SSSR count). The number of rotatable bonds is 28. The zero-order valence-corrected chi connectivity index (χ0v) is 26.1. The minimum atomic E-state index is -1.07. The highest BCUT2D eigenvalue weighted by molar-refractivity contribution is 5.79. The highest BCUT2D eigenvalue weighted by atomic mass is 16.4. The number of carbonyl (C=O) groups excluding carboxylic acids is 1. The molecular weight excluding hydrogens is 502 g/mol. The summed E-state index contributed by atoms with van der Waals surface area (Å²) in [5.74, 6) is -3.21. The number of hydrogen-bond donors (Lipinski definition) is 3. The molecule has 6 nitrogen and oxygen atoms in total. The van der Waals surface area contributed by atoms with Crippen molar-refractivity contribution >= 4 is 17.8 Å². The van der Waals surface area contributed by atoms with E-state index in [9.17, 15) is 14.4 Å². The fourth-order valence-corrected chi connectivity index (χ4v) is 4.45. The van der Waals surface area contributed by atoms with E-state index < -0.39 is 17.9 Å². The Morgan fingerprint density at radius 1 is 0.575 bits per heavy atom. The summed E-state index contributed by atoms with van der Waals surface area (Å²) in [5.41, 5.74) is 5.10. The Labute approximate surface area is 246 Å². The molecule has 1 amide bonds. The van der Waals surface area contributed by atoms with Gasteiger partial charge in [0.2, 0.25) is 5.91 Å². The van der Waals surface area contributed by atoms with Gasteiger partial charge >= 0.3 is 11.9 Å². The van der Waals surface area contributed by atoms with E-state index in [1.807, 2.05) is 0 Å². The molecule has 0 aliphatic carbocycles. The summed E-state index contributed by atoms with van der Waals surface area (Å²) in [6.07, 6.45) is 35.7. The lowest BCUT2D eigenvalue weighted by molar-refractivity contribution is -0.146. The summed E-state index contributed by atoms with van der Waals surface area (Å²) in [5, 5.41) is 17.4. The van der Waals surface area contributed by atoms with Crippen LogP contribution in [0, 0.1) is 5.92 Å². The van der Waals surface area contributed by atoms with Gasteiger partial charge in [0.25, 0.3) is 0 Å². The van der Waals surface area contributed by atoms with Crippen LogP contribution in [0.1, 0.15) is 168 Å². The fraction of sp³-hybridized carbons (Fsp3) is 0.794. The van der Waals surface area contributed by atoms with Gasteiger partial charge in [-0.15, -0.1) is 0 Å². The third kappa shape index (κ3) is 35.9. The van der Waals surface area contributed by atoms with E-state index in [0.717, 1.165) is 32.1 Å². The van der Waals surface area contributed by atoms with Gasteiger partial charge in [0.05, 0.1) is 12.3 Å². The Hall–Kier alpha value is -2.11. The Morgan fingerprint density at radius 2 is 0.950 bits per heavy atom. The van der Waals surface area contributed by atoms with Gasteiger partial charge in [-0.05, 0) is 44.9 Å². The third-order valence-electron chi connectivity index (χ3n) is 6.99. The summed E-state index contributed by atoms with van der Waals surface area (Å²) in [4.78, 5) is 31.9. The maximum absolute atomic E-state index is 10.8. The van der Waals surface area contributed by atoms with E-state index in [0.29, 0.717) is 6.42 Å². The number of carbonyl (C=O) groups is 3. The van der Waals surface area contributed by atoms with E-state index in [1.165, 1.54) is 115 Å². The second-order valence-corrected chi connectivity index (χ2v) is 11.0. The van der Waals surface area contributed by atoms with Crippen LogP contribution < -0.4 is 5.73 Å².